The molecule has 0 radical (unpaired) electrons. The van der Waals surface area contributed by atoms with E-state index in [2.05, 4.69) is 10.4 Å². The first kappa shape index (κ1) is 14.8. The van der Waals surface area contributed by atoms with Crippen LogP contribution in [0.25, 0.3) is 0 Å². The van der Waals surface area contributed by atoms with Gasteiger partial charge in [-0.2, -0.15) is 5.10 Å². The molecule has 0 aliphatic heterocycles. The van der Waals surface area contributed by atoms with Crippen LogP contribution in [-0.2, 0) is 6.54 Å². The van der Waals surface area contributed by atoms with Gasteiger partial charge in [0.05, 0.1) is 11.5 Å². The van der Waals surface area contributed by atoms with E-state index in [1.165, 1.54) is 17.1 Å². The highest BCUT2D eigenvalue weighted by atomic mass is 16.6. The van der Waals surface area contributed by atoms with Gasteiger partial charge in [0.1, 0.15) is 18.2 Å². The van der Waals surface area contributed by atoms with Gasteiger partial charge in [-0.15, -0.1) is 0 Å². The molecule has 0 unspecified atom stereocenters. The summed E-state index contributed by atoms with van der Waals surface area (Å²) in [6.07, 6.45) is 4.39. The molecule has 0 aliphatic carbocycles. The van der Waals surface area contributed by atoms with Crippen molar-refractivity contribution in [2.75, 3.05) is 6.54 Å². The minimum absolute atomic E-state index is 0.0842. The Bertz CT molecular complexity index is 632. The monoisotopic (exact) mass is 292 g/mol. The number of aromatic nitrogens is 2. The lowest BCUT2D eigenvalue weighted by atomic mass is 10.3. The smallest absolute Gasteiger partial charge is 0.307 e. The molecule has 0 saturated carbocycles. The molecule has 1 amide bonds. The molecular formula is C13H16N4O4. The summed E-state index contributed by atoms with van der Waals surface area (Å²) >= 11 is 0. The van der Waals surface area contributed by atoms with Crippen LogP contribution in [0.5, 0.6) is 0 Å². The van der Waals surface area contributed by atoms with Gasteiger partial charge in [0.2, 0.25) is 0 Å². The van der Waals surface area contributed by atoms with Gasteiger partial charge in [-0.05, 0) is 18.6 Å². The lowest BCUT2D eigenvalue weighted by Gasteiger charge is -2.01. The van der Waals surface area contributed by atoms with Gasteiger partial charge < -0.3 is 9.73 Å². The van der Waals surface area contributed by atoms with Gasteiger partial charge >= 0.3 is 5.69 Å². The molecule has 2 rings (SSSR count). The summed E-state index contributed by atoms with van der Waals surface area (Å²) < 4.78 is 6.79. The second-order valence-corrected chi connectivity index (χ2v) is 4.53. The van der Waals surface area contributed by atoms with E-state index in [-0.39, 0.29) is 23.9 Å². The molecule has 21 heavy (non-hydrogen) atoms. The number of nitrogens with one attached hydrogen (secondary N) is 1. The van der Waals surface area contributed by atoms with Crippen molar-refractivity contribution in [3.63, 3.8) is 0 Å². The van der Waals surface area contributed by atoms with E-state index in [0.717, 1.165) is 12.8 Å². The maximum atomic E-state index is 11.8. The third-order valence-corrected chi connectivity index (χ3v) is 2.85. The fourth-order valence-corrected chi connectivity index (χ4v) is 1.74. The standard InChI is InChI=1S/C13H16N4O4/c1-2-3-6-14-13(18)12-5-4-11(21-12)9-16-8-10(7-15-16)17(19)20/h4-5,7-8H,2-3,6,9H2,1H3,(H,14,18). The summed E-state index contributed by atoms with van der Waals surface area (Å²) in [6.45, 7) is 2.88. The maximum Gasteiger partial charge on any atom is 0.307 e. The summed E-state index contributed by atoms with van der Waals surface area (Å²) in [5.41, 5.74) is -0.0842. The van der Waals surface area contributed by atoms with Crippen molar-refractivity contribution in [3.8, 4) is 0 Å². The highest BCUT2D eigenvalue weighted by molar-refractivity contribution is 5.91. The highest BCUT2D eigenvalue weighted by Crippen LogP contribution is 2.12. The second kappa shape index (κ2) is 6.69. The van der Waals surface area contributed by atoms with E-state index in [9.17, 15) is 14.9 Å². The Morgan fingerprint density at radius 1 is 1.52 bits per heavy atom. The third kappa shape index (κ3) is 3.91. The molecule has 0 fully saturated rings. The molecule has 8 heteroatoms. The Balaban J connectivity index is 1.96. The fraction of sp³-hybridized carbons (Fsp3) is 0.385. The molecule has 0 aromatic carbocycles. The maximum absolute atomic E-state index is 11.8. The molecule has 0 aliphatic rings. The number of hydrogen-bond acceptors (Lipinski definition) is 5. The van der Waals surface area contributed by atoms with E-state index in [0.29, 0.717) is 12.3 Å². The first-order valence-electron chi connectivity index (χ1n) is 6.64. The summed E-state index contributed by atoms with van der Waals surface area (Å²) in [6, 6.07) is 3.23. The number of carbonyl (C=O) groups excluding carboxylic acids is 1. The van der Waals surface area contributed by atoms with Crippen molar-refractivity contribution in [2.45, 2.75) is 26.3 Å². The van der Waals surface area contributed by atoms with Gasteiger partial charge in [0, 0.05) is 6.54 Å². The number of carbonyl (C=O) groups is 1. The van der Waals surface area contributed by atoms with Crippen molar-refractivity contribution < 1.29 is 14.1 Å². The number of nitro groups is 1. The summed E-state index contributed by atoms with van der Waals surface area (Å²) in [5.74, 6) is 0.470. The van der Waals surface area contributed by atoms with Crippen molar-refractivity contribution in [1.29, 1.82) is 0 Å². The summed E-state index contributed by atoms with van der Waals surface area (Å²) in [5, 5.41) is 17.2. The van der Waals surface area contributed by atoms with Gasteiger partial charge in [-0.1, -0.05) is 13.3 Å². The molecule has 2 heterocycles. The first-order valence-corrected chi connectivity index (χ1v) is 6.64. The van der Waals surface area contributed by atoms with Crippen molar-refractivity contribution in [3.05, 3.63) is 46.2 Å². The fourth-order valence-electron chi connectivity index (χ4n) is 1.74. The Hall–Kier alpha value is -2.64. The number of furan rings is 1. The SMILES string of the molecule is CCCCNC(=O)c1ccc(Cn2cc([N+](=O)[O-])cn2)o1. The van der Waals surface area contributed by atoms with Crippen molar-refractivity contribution in [1.82, 2.24) is 15.1 Å². The van der Waals surface area contributed by atoms with Crippen molar-refractivity contribution >= 4 is 11.6 Å². The molecule has 0 saturated heterocycles. The van der Waals surface area contributed by atoms with Crippen LogP contribution in [0.4, 0.5) is 5.69 Å². The molecule has 0 atom stereocenters. The van der Waals surface area contributed by atoms with E-state index in [1.807, 2.05) is 6.92 Å². The zero-order chi connectivity index (χ0) is 15.2. The quantitative estimate of drug-likeness (QED) is 0.477. The Morgan fingerprint density at radius 2 is 2.33 bits per heavy atom. The van der Waals surface area contributed by atoms with E-state index in [4.69, 9.17) is 4.42 Å². The van der Waals surface area contributed by atoms with Crippen LogP contribution in [0, 0.1) is 10.1 Å². The molecule has 8 nitrogen and oxygen atoms in total. The van der Waals surface area contributed by atoms with Gasteiger partial charge in [-0.3, -0.25) is 19.6 Å². The predicted molar refractivity (Wildman–Crippen MR) is 73.9 cm³/mol. The van der Waals surface area contributed by atoms with Crippen LogP contribution >= 0.6 is 0 Å². The lowest BCUT2D eigenvalue weighted by molar-refractivity contribution is -0.385. The van der Waals surface area contributed by atoms with Crippen LogP contribution in [-0.4, -0.2) is 27.2 Å². The first-order chi connectivity index (χ1) is 10.1. The predicted octanol–water partition coefficient (Wildman–Crippen LogP) is 1.96. The number of nitrogens with zero attached hydrogens (tertiary/aromatic N) is 3. The number of unbranched alkanes of at least 4 members (excludes halogenated alkanes) is 1. The molecule has 0 bridgehead atoms. The second-order valence-electron chi connectivity index (χ2n) is 4.53. The zero-order valence-corrected chi connectivity index (χ0v) is 11.6. The van der Waals surface area contributed by atoms with Gasteiger partial charge in [0.25, 0.3) is 5.91 Å². The van der Waals surface area contributed by atoms with E-state index in [1.54, 1.807) is 12.1 Å². The van der Waals surface area contributed by atoms with E-state index < -0.39 is 4.92 Å². The summed E-state index contributed by atoms with van der Waals surface area (Å²) in [4.78, 5) is 21.8. The van der Waals surface area contributed by atoms with Crippen LogP contribution in [0.15, 0.2) is 28.9 Å². The molecule has 1 N–H and O–H groups in total. The van der Waals surface area contributed by atoms with Gasteiger partial charge in [0.15, 0.2) is 5.76 Å². The minimum atomic E-state index is -0.516. The van der Waals surface area contributed by atoms with Crippen LogP contribution < -0.4 is 5.32 Å². The molecule has 112 valence electrons. The molecule has 0 spiro atoms. The normalized spacial score (nSPS) is 10.5. The molecular weight excluding hydrogens is 276 g/mol. The van der Waals surface area contributed by atoms with Crippen LogP contribution in [0.1, 0.15) is 36.1 Å². The average Bonchev–Trinajstić information content (AvgIpc) is 3.09. The third-order valence-electron chi connectivity index (χ3n) is 2.85. The largest absolute Gasteiger partial charge is 0.454 e. The average molecular weight is 292 g/mol. The van der Waals surface area contributed by atoms with Crippen LogP contribution in [0.3, 0.4) is 0 Å². The number of rotatable bonds is 7. The number of amides is 1. The topological polar surface area (TPSA) is 103 Å². The van der Waals surface area contributed by atoms with Gasteiger partial charge in [-0.25, -0.2) is 0 Å². The molecule has 2 aromatic heterocycles. The Morgan fingerprint density at radius 3 is 3.00 bits per heavy atom. The summed E-state index contributed by atoms with van der Waals surface area (Å²) in [7, 11) is 0. The minimum Gasteiger partial charge on any atom is -0.454 e. The Labute approximate surface area is 120 Å². The van der Waals surface area contributed by atoms with Crippen molar-refractivity contribution in [2.24, 2.45) is 0 Å². The molecule has 2 aromatic rings. The van der Waals surface area contributed by atoms with Crippen LogP contribution in [0.2, 0.25) is 0 Å². The van der Waals surface area contributed by atoms with E-state index >= 15 is 0 Å². The number of hydrogen-bond donors (Lipinski definition) is 1. The highest BCUT2D eigenvalue weighted by Gasteiger charge is 2.13. The zero-order valence-electron chi connectivity index (χ0n) is 11.6. The Kier molecular flexibility index (Phi) is 4.70. The lowest BCUT2D eigenvalue weighted by Crippen LogP contribution is -2.23.